The number of likely N-dealkylation sites (N-methyl/N-ethyl adjacent to an activating group) is 1. The van der Waals surface area contributed by atoms with Gasteiger partial charge in [0.15, 0.2) is 0 Å². The van der Waals surface area contributed by atoms with E-state index in [1.807, 2.05) is 4.90 Å². The van der Waals surface area contributed by atoms with E-state index in [-0.39, 0.29) is 17.9 Å². The van der Waals surface area contributed by atoms with E-state index in [9.17, 15) is 4.79 Å². The number of nitrogens with zero attached hydrogens (tertiary/aromatic N) is 1. The van der Waals surface area contributed by atoms with Crippen LogP contribution in [0.25, 0.3) is 0 Å². The third kappa shape index (κ3) is 4.82. The molecule has 0 saturated heterocycles. The van der Waals surface area contributed by atoms with Crippen LogP contribution in [0.5, 0.6) is 0 Å². The molecule has 4 heteroatoms. The lowest BCUT2D eigenvalue weighted by Gasteiger charge is -2.31. The van der Waals surface area contributed by atoms with Gasteiger partial charge in [-0.3, -0.25) is 4.79 Å². The van der Waals surface area contributed by atoms with Gasteiger partial charge in [-0.15, -0.1) is 11.3 Å². The summed E-state index contributed by atoms with van der Waals surface area (Å²) < 4.78 is 0. The zero-order valence-corrected chi connectivity index (χ0v) is 13.9. The summed E-state index contributed by atoms with van der Waals surface area (Å²) >= 11 is 1.77. The Kier molecular flexibility index (Phi) is 6.71. The molecule has 2 rings (SSSR count). The summed E-state index contributed by atoms with van der Waals surface area (Å²) in [6.45, 7) is 3.67. The van der Waals surface area contributed by atoms with Crippen LogP contribution in [-0.4, -0.2) is 29.9 Å². The molecular formula is C17H28N2OS. The molecule has 1 aliphatic rings. The second-order valence-corrected chi connectivity index (χ2v) is 7.04. The molecule has 1 fully saturated rings. The lowest BCUT2D eigenvalue weighted by molar-refractivity contribution is -0.136. The van der Waals surface area contributed by atoms with Crippen LogP contribution >= 0.6 is 11.3 Å². The number of hydrogen-bond donors (Lipinski definition) is 1. The van der Waals surface area contributed by atoms with Crippen LogP contribution in [0, 0.1) is 5.92 Å². The summed E-state index contributed by atoms with van der Waals surface area (Å²) in [6.07, 6.45) is 7.76. The van der Waals surface area contributed by atoms with E-state index in [1.165, 1.54) is 24.1 Å². The standard InChI is InChI=1S/C17H28N2OS/c1-2-19(12-11-14-8-7-13-21-14)17(20)15-9-5-3-4-6-10-16(15)18/h7-8,13,15-16H,2-6,9-12,18H2,1H3. The Balaban J connectivity index is 1.93. The second kappa shape index (κ2) is 8.54. The summed E-state index contributed by atoms with van der Waals surface area (Å²) in [7, 11) is 0. The van der Waals surface area contributed by atoms with Gasteiger partial charge in [0.2, 0.25) is 5.91 Å². The van der Waals surface area contributed by atoms with Gasteiger partial charge in [0.1, 0.15) is 0 Å². The molecule has 3 nitrogen and oxygen atoms in total. The highest BCUT2D eigenvalue weighted by atomic mass is 32.1. The highest BCUT2D eigenvalue weighted by Gasteiger charge is 2.29. The van der Waals surface area contributed by atoms with Crippen LogP contribution in [0.4, 0.5) is 0 Å². The smallest absolute Gasteiger partial charge is 0.227 e. The predicted molar refractivity (Wildman–Crippen MR) is 89.4 cm³/mol. The summed E-state index contributed by atoms with van der Waals surface area (Å²) in [6, 6.07) is 4.27. The van der Waals surface area contributed by atoms with Crippen LogP contribution in [0.1, 0.15) is 50.3 Å². The minimum atomic E-state index is 0.0357. The van der Waals surface area contributed by atoms with Crippen molar-refractivity contribution in [2.75, 3.05) is 13.1 Å². The van der Waals surface area contributed by atoms with Crippen molar-refractivity contribution >= 4 is 17.2 Å². The zero-order valence-electron chi connectivity index (χ0n) is 13.1. The molecule has 0 spiro atoms. The molecule has 1 amide bonds. The Hall–Kier alpha value is -0.870. The van der Waals surface area contributed by atoms with E-state index in [2.05, 4.69) is 24.4 Å². The van der Waals surface area contributed by atoms with E-state index >= 15 is 0 Å². The van der Waals surface area contributed by atoms with Crippen molar-refractivity contribution in [2.24, 2.45) is 11.7 Å². The lowest BCUT2D eigenvalue weighted by atomic mass is 9.86. The Labute approximate surface area is 132 Å². The number of rotatable bonds is 5. The average Bonchev–Trinajstić information content (AvgIpc) is 2.97. The molecule has 2 N–H and O–H groups in total. The fourth-order valence-electron chi connectivity index (χ4n) is 3.18. The Bertz CT molecular complexity index is 418. The maximum Gasteiger partial charge on any atom is 0.227 e. The lowest BCUT2D eigenvalue weighted by Crippen LogP contribution is -2.45. The molecule has 1 aliphatic carbocycles. The van der Waals surface area contributed by atoms with Gasteiger partial charge >= 0.3 is 0 Å². The third-order valence-corrected chi connectivity index (χ3v) is 5.47. The molecule has 1 aromatic rings. The van der Waals surface area contributed by atoms with Crippen molar-refractivity contribution in [3.8, 4) is 0 Å². The van der Waals surface area contributed by atoms with Crippen LogP contribution in [-0.2, 0) is 11.2 Å². The van der Waals surface area contributed by atoms with Gasteiger partial charge in [0.25, 0.3) is 0 Å². The topological polar surface area (TPSA) is 46.3 Å². The number of carbonyl (C=O) groups excluding carboxylic acids is 1. The summed E-state index contributed by atoms with van der Waals surface area (Å²) in [5.74, 6) is 0.317. The van der Waals surface area contributed by atoms with E-state index in [4.69, 9.17) is 5.73 Å². The first kappa shape index (κ1) is 16.5. The third-order valence-electron chi connectivity index (χ3n) is 4.54. The first-order valence-corrected chi connectivity index (χ1v) is 9.17. The van der Waals surface area contributed by atoms with Gasteiger partial charge in [-0.1, -0.05) is 31.7 Å². The van der Waals surface area contributed by atoms with E-state index in [0.29, 0.717) is 0 Å². The van der Waals surface area contributed by atoms with Crippen LogP contribution in [0.2, 0.25) is 0 Å². The molecule has 1 aromatic heterocycles. The van der Waals surface area contributed by atoms with E-state index < -0.39 is 0 Å². The zero-order chi connectivity index (χ0) is 15.1. The van der Waals surface area contributed by atoms with Crippen LogP contribution in [0.3, 0.4) is 0 Å². The molecule has 0 radical (unpaired) electrons. The average molecular weight is 308 g/mol. The molecule has 2 atom stereocenters. The van der Waals surface area contributed by atoms with Crippen LogP contribution < -0.4 is 5.73 Å². The molecular weight excluding hydrogens is 280 g/mol. The normalized spacial score (nSPS) is 23.3. The molecule has 21 heavy (non-hydrogen) atoms. The highest BCUT2D eigenvalue weighted by Crippen LogP contribution is 2.23. The number of amides is 1. The van der Waals surface area contributed by atoms with Crippen molar-refractivity contribution in [1.29, 1.82) is 0 Å². The monoisotopic (exact) mass is 308 g/mol. The quantitative estimate of drug-likeness (QED) is 0.905. The van der Waals surface area contributed by atoms with Crippen molar-refractivity contribution in [2.45, 2.75) is 57.9 Å². The SMILES string of the molecule is CCN(CCc1cccs1)C(=O)C1CCCCCCC1N. The number of nitrogens with two attached hydrogens (primary N) is 1. The summed E-state index contributed by atoms with van der Waals surface area (Å²) in [4.78, 5) is 16.2. The molecule has 2 unspecified atom stereocenters. The highest BCUT2D eigenvalue weighted by molar-refractivity contribution is 7.09. The van der Waals surface area contributed by atoms with Crippen molar-refractivity contribution in [1.82, 2.24) is 4.90 Å². The number of thiophene rings is 1. The van der Waals surface area contributed by atoms with E-state index in [0.717, 1.165) is 38.8 Å². The summed E-state index contributed by atoms with van der Waals surface area (Å²) in [5.41, 5.74) is 6.29. The summed E-state index contributed by atoms with van der Waals surface area (Å²) in [5, 5.41) is 2.10. The Morgan fingerprint density at radius 1 is 1.33 bits per heavy atom. The van der Waals surface area contributed by atoms with Gasteiger partial charge in [0, 0.05) is 24.0 Å². The molecule has 1 saturated carbocycles. The molecule has 1 heterocycles. The molecule has 0 aromatic carbocycles. The van der Waals surface area contributed by atoms with Gasteiger partial charge in [0.05, 0.1) is 5.92 Å². The Morgan fingerprint density at radius 3 is 2.76 bits per heavy atom. The van der Waals surface area contributed by atoms with Gasteiger partial charge in [-0.05, 0) is 37.6 Å². The van der Waals surface area contributed by atoms with Gasteiger partial charge in [-0.25, -0.2) is 0 Å². The molecule has 0 aliphatic heterocycles. The predicted octanol–water partition coefficient (Wildman–Crippen LogP) is 3.44. The van der Waals surface area contributed by atoms with Crippen LogP contribution in [0.15, 0.2) is 17.5 Å². The maximum atomic E-state index is 12.8. The van der Waals surface area contributed by atoms with Crippen molar-refractivity contribution in [3.63, 3.8) is 0 Å². The second-order valence-electron chi connectivity index (χ2n) is 6.01. The molecule has 0 bridgehead atoms. The largest absolute Gasteiger partial charge is 0.342 e. The molecule has 118 valence electrons. The van der Waals surface area contributed by atoms with Gasteiger partial charge < -0.3 is 10.6 Å². The number of hydrogen-bond acceptors (Lipinski definition) is 3. The number of carbonyl (C=O) groups is 1. The Morgan fingerprint density at radius 2 is 2.10 bits per heavy atom. The minimum Gasteiger partial charge on any atom is -0.342 e. The fourth-order valence-corrected chi connectivity index (χ4v) is 3.88. The van der Waals surface area contributed by atoms with Crippen molar-refractivity contribution < 1.29 is 4.79 Å². The van der Waals surface area contributed by atoms with E-state index in [1.54, 1.807) is 11.3 Å². The first-order chi connectivity index (χ1) is 10.2. The van der Waals surface area contributed by atoms with Crippen molar-refractivity contribution in [3.05, 3.63) is 22.4 Å². The first-order valence-electron chi connectivity index (χ1n) is 8.29. The van der Waals surface area contributed by atoms with Gasteiger partial charge in [-0.2, -0.15) is 0 Å². The fraction of sp³-hybridized carbons (Fsp3) is 0.706. The minimum absolute atomic E-state index is 0.0357. The maximum absolute atomic E-state index is 12.8.